The molecule has 0 amide bonds. The minimum Gasteiger partial charge on any atom is -0.341 e. The molecule has 0 bridgehead atoms. The van der Waals surface area contributed by atoms with E-state index in [1.165, 1.54) is 0 Å². The number of halogens is 2. The normalized spacial score (nSPS) is 11.8. The molecule has 0 spiro atoms. The predicted octanol–water partition coefficient (Wildman–Crippen LogP) is 2.90. The molecule has 0 aliphatic carbocycles. The van der Waals surface area contributed by atoms with Gasteiger partial charge in [-0.25, -0.2) is 0 Å². The molecule has 0 saturated carbocycles. The highest BCUT2D eigenvalue weighted by Gasteiger charge is 2.28. The zero-order chi connectivity index (χ0) is 12.6. The Bertz CT molecular complexity index is 593. The summed E-state index contributed by atoms with van der Waals surface area (Å²) in [5.41, 5.74) is 0.797. The Morgan fingerprint density at radius 1 is 1.24 bits per heavy atom. The summed E-state index contributed by atoms with van der Waals surface area (Å²) in [5.74, 6) is 0. The van der Waals surface area contributed by atoms with E-state index in [0.29, 0.717) is 15.7 Å². The van der Waals surface area contributed by atoms with Crippen LogP contribution < -0.4 is 5.44 Å². The van der Waals surface area contributed by atoms with E-state index < -0.39 is 7.60 Å². The average Bonchev–Trinajstić information content (AvgIpc) is 2.57. The zero-order valence-corrected chi connectivity index (χ0v) is 11.6. The second kappa shape index (κ2) is 4.59. The van der Waals surface area contributed by atoms with Crippen molar-refractivity contribution in [1.29, 1.82) is 0 Å². The first kappa shape index (κ1) is 12.9. The van der Waals surface area contributed by atoms with Crippen LogP contribution in [0, 0.1) is 0 Å². The number of rotatable bonds is 2. The molecule has 0 saturated heterocycles. The average molecular weight is 337 g/mol. The van der Waals surface area contributed by atoms with Gasteiger partial charge in [-0.1, -0.05) is 41.9 Å². The standard InChI is InChI=1S/C10H8BrClNO3P/c11-9-8(12)7(6-4-2-1-3-5-6)10(13-9)17(14,15)16/h1-5,13H,(H2,14,15,16). The summed E-state index contributed by atoms with van der Waals surface area (Å²) in [7, 11) is -4.40. The van der Waals surface area contributed by atoms with Crippen molar-refractivity contribution in [2.24, 2.45) is 0 Å². The van der Waals surface area contributed by atoms with Crippen molar-refractivity contribution in [3.8, 4) is 11.1 Å². The van der Waals surface area contributed by atoms with Crippen LogP contribution in [0.15, 0.2) is 34.9 Å². The maximum Gasteiger partial charge on any atom is 0.373 e. The van der Waals surface area contributed by atoms with E-state index in [2.05, 4.69) is 20.9 Å². The highest BCUT2D eigenvalue weighted by molar-refractivity contribution is 9.10. The Balaban J connectivity index is 2.73. The second-order valence-corrected chi connectivity index (χ2v) is 6.09. The summed E-state index contributed by atoms with van der Waals surface area (Å²) in [6.45, 7) is 0. The fourth-order valence-electron chi connectivity index (χ4n) is 1.52. The molecule has 1 aromatic heterocycles. The fourth-order valence-corrected chi connectivity index (χ4v) is 3.18. The summed E-state index contributed by atoms with van der Waals surface area (Å²) < 4.78 is 11.7. The van der Waals surface area contributed by atoms with E-state index >= 15 is 0 Å². The molecule has 1 aromatic carbocycles. The van der Waals surface area contributed by atoms with E-state index in [0.717, 1.165) is 0 Å². The highest BCUT2D eigenvalue weighted by Crippen LogP contribution is 2.42. The minimum absolute atomic E-state index is 0.180. The van der Waals surface area contributed by atoms with Gasteiger partial charge in [0.15, 0.2) is 0 Å². The predicted molar refractivity (Wildman–Crippen MR) is 70.6 cm³/mol. The van der Waals surface area contributed by atoms with Gasteiger partial charge in [0.1, 0.15) is 10.0 Å². The van der Waals surface area contributed by atoms with Gasteiger partial charge in [0.25, 0.3) is 0 Å². The smallest absolute Gasteiger partial charge is 0.341 e. The van der Waals surface area contributed by atoms with Crippen LogP contribution in [0.1, 0.15) is 0 Å². The van der Waals surface area contributed by atoms with Gasteiger partial charge < -0.3 is 14.8 Å². The van der Waals surface area contributed by atoms with Crippen molar-refractivity contribution in [3.63, 3.8) is 0 Å². The molecule has 0 fully saturated rings. The number of aromatic nitrogens is 1. The topological polar surface area (TPSA) is 73.3 Å². The molecule has 4 nitrogen and oxygen atoms in total. The molecular formula is C10H8BrClNO3P. The number of aromatic amines is 1. The van der Waals surface area contributed by atoms with Gasteiger partial charge in [0.05, 0.1) is 5.02 Å². The third-order valence-corrected chi connectivity index (χ3v) is 4.35. The third kappa shape index (κ3) is 2.49. The lowest BCUT2D eigenvalue weighted by atomic mass is 10.1. The van der Waals surface area contributed by atoms with Crippen LogP contribution >= 0.6 is 35.1 Å². The first-order valence-corrected chi connectivity index (χ1v) is 7.38. The van der Waals surface area contributed by atoms with Crippen molar-refractivity contribution in [2.75, 3.05) is 0 Å². The summed E-state index contributed by atoms with van der Waals surface area (Å²) in [5, 5.41) is 0.259. The van der Waals surface area contributed by atoms with Gasteiger partial charge in [-0.3, -0.25) is 4.57 Å². The Labute approximate surface area is 111 Å². The van der Waals surface area contributed by atoms with Gasteiger partial charge in [-0.15, -0.1) is 0 Å². The molecule has 17 heavy (non-hydrogen) atoms. The van der Waals surface area contributed by atoms with Crippen molar-refractivity contribution in [2.45, 2.75) is 0 Å². The molecule has 2 aromatic rings. The number of nitrogens with one attached hydrogen (secondary N) is 1. The first-order valence-electron chi connectivity index (χ1n) is 4.59. The van der Waals surface area contributed by atoms with Crippen LogP contribution in [0.4, 0.5) is 0 Å². The lowest BCUT2D eigenvalue weighted by Crippen LogP contribution is -2.07. The number of benzene rings is 1. The Morgan fingerprint density at radius 2 is 1.82 bits per heavy atom. The minimum atomic E-state index is -4.40. The maximum absolute atomic E-state index is 11.4. The quantitative estimate of drug-likeness (QED) is 0.738. The molecule has 0 radical (unpaired) electrons. The summed E-state index contributed by atoms with van der Waals surface area (Å²) in [4.78, 5) is 21.1. The van der Waals surface area contributed by atoms with E-state index in [4.69, 9.17) is 11.6 Å². The molecule has 0 unspecified atom stereocenters. The number of hydrogen-bond donors (Lipinski definition) is 3. The van der Waals surface area contributed by atoms with Crippen molar-refractivity contribution >= 4 is 40.6 Å². The lowest BCUT2D eigenvalue weighted by Gasteiger charge is -2.06. The summed E-state index contributed by atoms with van der Waals surface area (Å²) in [6.07, 6.45) is 0. The molecule has 2 rings (SSSR count). The number of hydrogen-bond acceptors (Lipinski definition) is 1. The van der Waals surface area contributed by atoms with Gasteiger partial charge in [-0.05, 0) is 21.5 Å². The van der Waals surface area contributed by atoms with Gasteiger partial charge in [-0.2, -0.15) is 0 Å². The molecule has 3 N–H and O–H groups in total. The maximum atomic E-state index is 11.4. The van der Waals surface area contributed by atoms with Crippen molar-refractivity contribution < 1.29 is 14.4 Å². The van der Waals surface area contributed by atoms with Gasteiger partial charge in [0.2, 0.25) is 0 Å². The fraction of sp³-hybridized carbons (Fsp3) is 0. The van der Waals surface area contributed by atoms with Crippen LogP contribution in [0.5, 0.6) is 0 Å². The molecule has 90 valence electrons. The zero-order valence-electron chi connectivity index (χ0n) is 8.39. The molecule has 1 heterocycles. The van der Waals surface area contributed by atoms with E-state index in [1.807, 2.05) is 6.07 Å². The van der Waals surface area contributed by atoms with Gasteiger partial charge >= 0.3 is 7.60 Å². The molecule has 0 atom stereocenters. The summed E-state index contributed by atoms with van der Waals surface area (Å²) >= 11 is 9.16. The third-order valence-electron chi connectivity index (χ3n) is 2.23. The molecular weight excluding hydrogens is 328 g/mol. The highest BCUT2D eigenvalue weighted by atomic mass is 79.9. The second-order valence-electron chi connectivity index (χ2n) is 3.39. The lowest BCUT2D eigenvalue weighted by molar-refractivity contribution is 0.386. The Kier molecular flexibility index (Phi) is 3.48. The Hall–Kier alpha value is -0.580. The van der Waals surface area contributed by atoms with E-state index in [9.17, 15) is 14.4 Å². The van der Waals surface area contributed by atoms with E-state index in [1.54, 1.807) is 24.3 Å². The van der Waals surface area contributed by atoms with Crippen LogP contribution in [0.3, 0.4) is 0 Å². The van der Waals surface area contributed by atoms with Crippen LogP contribution in [-0.2, 0) is 4.57 Å². The molecule has 7 heteroatoms. The molecule has 0 aliphatic rings. The van der Waals surface area contributed by atoms with E-state index in [-0.39, 0.29) is 10.5 Å². The summed E-state index contributed by atoms with van der Waals surface area (Å²) in [6, 6.07) is 8.84. The monoisotopic (exact) mass is 335 g/mol. The van der Waals surface area contributed by atoms with Crippen molar-refractivity contribution in [3.05, 3.63) is 40.0 Å². The number of H-pyrrole nitrogens is 1. The first-order chi connectivity index (χ1) is 7.91. The van der Waals surface area contributed by atoms with Gasteiger partial charge in [0, 0.05) is 5.56 Å². The SMILES string of the molecule is O=P(O)(O)c1[nH]c(Br)c(Cl)c1-c1ccccc1. The largest absolute Gasteiger partial charge is 0.373 e. The van der Waals surface area contributed by atoms with Crippen LogP contribution in [0.25, 0.3) is 11.1 Å². The van der Waals surface area contributed by atoms with Crippen LogP contribution in [0.2, 0.25) is 5.02 Å². The Morgan fingerprint density at radius 3 is 2.35 bits per heavy atom. The van der Waals surface area contributed by atoms with Crippen LogP contribution in [-0.4, -0.2) is 14.8 Å². The van der Waals surface area contributed by atoms with Crippen molar-refractivity contribution in [1.82, 2.24) is 4.98 Å². The molecule has 0 aliphatic heterocycles.